The van der Waals surface area contributed by atoms with Crippen LogP contribution in [0.1, 0.15) is 86.0 Å². The number of allylic oxidation sites excluding steroid dienone is 12. The number of hydrazine groups is 1. The van der Waals surface area contributed by atoms with Gasteiger partial charge in [0.2, 0.25) is 17.7 Å². The summed E-state index contributed by atoms with van der Waals surface area (Å²) in [5.74, 6) is -7.50. The normalized spacial score (nSPS) is 41.2. The monoisotopic (exact) mass is 1050 g/mol. The third kappa shape index (κ3) is 22.0. The summed E-state index contributed by atoms with van der Waals surface area (Å²) in [6, 6.07) is -1.25. The lowest BCUT2D eigenvalue weighted by atomic mass is 9.82. The first-order chi connectivity index (χ1) is 34.9. The molecule has 2 saturated heterocycles. The zero-order valence-corrected chi connectivity index (χ0v) is 43.1. The van der Waals surface area contributed by atoms with E-state index in [0.717, 1.165) is 6.92 Å². The molecule has 0 spiro atoms. The van der Waals surface area contributed by atoms with Crippen molar-refractivity contribution in [2.75, 3.05) is 13.6 Å². The van der Waals surface area contributed by atoms with Gasteiger partial charge >= 0.3 is 5.97 Å². The Kier molecular flexibility index (Phi) is 27.7. The molecular formula is C52H82N4O18. The highest BCUT2D eigenvalue weighted by molar-refractivity contribution is 5.83. The summed E-state index contributed by atoms with van der Waals surface area (Å²) in [6.07, 6.45) is 2.25. The Hall–Kier alpha value is -4.50. The van der Waals surface area contributed by atoms with Crippen LogP contribution in [0, 0.1) is 17.8 Å². The topological polar surface area (TPSA) is 356 Å². The molecule has 3 aliphatic heterocycles. The van der Waals surface area contributed by atoms with Crippen LogP contribution in [-0.4, -0.2) is 186 Å². The van der Waals surface area contributed by atoms with Crippen molar-refractivity contribution in [3.63, 3.8) is 0 Å². The molecule has 418 valence electrons. The van der Waals surface area contributed by atoms with E-state index in [1.165, 1.54) is 20.0 Å². The number of rotatable bonds is 6. The number of hydrogen-bond donors (Lipinski definition) is 14. The summed E-state index contributed by atoms with van der Waals surface area (Å²) in [5, 5.41) is 116. The summed E-state index contributed by atoms with van der Waals surface area (Å²) < 4.78 is 23.7. The second-order valence-corrected chi connectivity index (χ2v) is 19.4. The fraction of sp³-hybridized carbons (Fsp3) is 0.654. The predicted molar refractivity (Wildman–Crippen MR) is 269 cm³/mol. The molecule has 22 heteroatoms. The second kappa shape index (κ2) is 32.2. The summed E-state index contributed by atoms with van der Waals surface area (Å²) in [7, 11) is 1.54. The maximum Gasteiger partial charge on any atom is 0.308 e. The van der Waals surface area contributed by atoms with Crippen molar-refractivity contribution in [1.82, 2.24) is 21.5 Å². The number of aliphatic hydroxyl groups excluding tert-OH is 9. The Bertz CT molecular complexity index is 1960. The van der Waals surface area contributed by atoms with E-state index in [2.05, 4.69) is 21.5 Å². The van der Waals surface area contributed by atoms with Gasteiger partial charge in [-0.2, -0.15) is 0 Å². The van der Waals surface area contributed by atoms with Gasteiger partial charge in [0.1, 0.15) is 18.3 Å². The van der Waals surface area contributed by atoms with Crippen LogP contribution >= 0.6 is 0 Å². The first-order valence-corrected chi connectivity index (χ1v) is 25.2. The van der Waals surface area contributed by atoms with Gasteiger partial charge in [-0.1, -0.05) is 98.9 Å². The van der Waals surface area contributed by atoms with E-state index in [4.69, 9.17) is 18.9 Å². The standard InChI is InChI=1S/C52H82N4O18/c1-30-19-17-15-13-11-9-7-8-10-12-14-16-18-20-38(73-51-49(68)46(48(67)33(4)72-51)54-43(64)29-53-6)26-42-45(50(69)56-55-34(5)57)41(63)28-52(70,74-42)27-37(60)24-40(62)39(61)22-21-35(58)23-36(59)25-44(65)71-32(3)31(2)47(30)66/h7-20,30-33,35-42,45-49,51,53,58-63,66-68,70H,21-29H2,1-6H3,(H,54,64)(H,55,57)(H,56,69)/b8-7-,11-9-,12-10-,15-13-,16-14-,19-17-,20-18+/t30-,31-,32-,33+,35+,36+,37-,38-,39+,40+,41-,42-,45+,46-,47+,48+,49-,51-,52+/m0/s1. The molecule has 0 unspecified atom stereocenters. The average Bonchev–Trinajstić information content (AvgIpc) is 3.31. The minimum Gasteiger partial charge on any atom is -0.462 e. The Morgan fingerprint density at radius 1 is 0.676 bits per heavy atom. The molecule has 74 heavy (non-hydrogen) atoms. The molecule has 3 aliphatic rings. The summed E-state index contributed by atoms with van der Waals surface area (Å²) in [4.78, 5) is 50.6. The van der Waals surface area contributed by atoms with Gasteiger partial charge in [0, 0.05) is 44.4 Å². The molecular weight excluding hydrogens is 969 g/mol. The van der Waals surface area contributed by atoms with Crippen LogP contribution in [0.4, 0.5) is 0 Å². The highest BCUT2D eigenvalue weighted by atomic mass is 16.7. The van der Waals surface area contributed by atoms with Crippen molar-refractivity contribution in [3.05, 3.63) is 85.1 Å². The third-order valence-electron chi connectivity index (χ3n) is 13.0. The number of aliphatic hydroxyl groups is 10. The maximum absolute atomic E-state index is 13.6. The number of fused-ring (bicyclic) bond motifs is 2. The molecule has 0 aromatic rings. The van der Waals surface area contributed by atoms with Crippen LogP contribution in [0.3, 0.4) is 0 Å². The number of hydrogen-bond acceptors (Lipinski definition) is 19. The fourth-order valence-electron chi connectivity index (χ4n) is 8.76. The number of amides is 3. The van der Waals surface area contributed by atoms with Crippen molar-refractivity contribution < 1.29 is 89.2 Å². The van der Waals surface area contributed by atoms with E-state index >= 15 is 0 Å². The summed E-state index contributed by atoms with van der Waals surface area (Å²) in [6.45, 7) is 7.70. The predicted octanol–water partition coefficient (Wildman–Crippen LogP) is -0.829. The number of cyclic esters (lactones) is 1. The Labute approximate surface area is 433 Å². The number of nitrogens with one attached hydrogen (secondary N) is 4. The molecule has 0 aromatic carbocycles. The largest absolute Gasteiger partial charge is 0.462 e. The quantitative estimate of drug-likeness (QED) is 0.114. The van der Waals surface area contributed by atoms with Crippen LogP contribution < -0.4 is 21.5 Å². The van der Waals surface area contributed by atoms with Gasteiger partial charge in [-0.15, -0.1) is 0 Å². The number of carbonyl (C=O) groups excluding carboxylic acids is 4. The molecule has 22 nitrogen and oxygen atoms in total. The van der Waals surface area contributed by atoms with Crippen molar-refractivity contribution in [2.45, 2.75) is 183 Å². The molecule has 2 bridgehead atoms. The SMILES string of the molecule is CNCC(=O)N[C@@H]1[C@H](O)[C@H](O[C@H]2/C=C/C=C\C=C/C=C\C=C/C=C\C=C/[C@H](C)[C@@H](O)[C@@H](C)[C@H](C)OC(=O)C[C@H](O)C[C@H](O)CC[C@@H](O)[C@H](O)C[C@H](O)C[C@]3(O)C[C@H](O)[C@@H](C(=O)NNC(C)=O)[C@H](C2)O3)O[C@H](C)[C@H]1O. The van der Waals surface area contributed by atoms with E-state index in [1.54, 1.807) is 86.8 Å². The molecule has 2 fully saturated rings. The van der Waals surface area contributed by atoms with Gasteiger partial charge in [0.05, 0.1) is 86.0 Å². The highest BCUT2D eigenvalue weighted by Gasteiger charge is 2.51. The zero-order chi connectivity index (χ0) is 55.1. The van der Waals surface area contributed by atoms with Gasteiger partial charge in [-0.3, -0.25) is 30.0 Å². The average molecular weight is 1050 g/mol. The van der Waals surface area contributed by atoms with E-state index in [1.807, 2.05) is 13.0 Å². The lowest BCUT2D eigenvalue weighted by molar-refractivity contribution is -0.307. The van der Waals surface area contributed by atoms with E-state index in [0.29, 0.717) is 0 Å². The lowest BCUT2D eigenvalue weighted by Crippen LogP contribution is -2.64. The Balaban J connectivity index is 1.98. The Morgan fingerprint density at radius 3 is 1.86 bits per heavy atom. The molecule has 3 rings (SSSR count). The molecule has 3 amide bonds. The van der Waals surface area contributed by atoms with Crippen LogP contribution in [0.5, 0.6) is 0 Å². The number of ether oxygens (including phenoxy) is 4. The van der Waals surface area contributed by atoms with E-state index in [-0.39, 0.29) is 38.1 Å². The zero-order valence-electron chi connectivity index (χ0n) is 43.1. The van der Waals surface area contributed by atoms with Gasteiger partial charge in [0.25, 0.3) is 0 Å². The first kappa shape index (κ1) is 63.8. The third-order valence-corrected chi connectivity index (χ3v) is 13.0. The second-order valence-electron chi connectivity index (χ2n) is 19.4. The van der Waals surface area contributed by atoms with Crippen LogP contribution in [0.15, 0.2) is 85.1 Å². The number of carbonyl (C=O) groups is 4. The van der Waals surface area contributed by atoms with Gasteiger partial charge in [0.15, 0.2) is 12.1 Å². The van der Waals surface area contributed by atoms with Gasteiger partial charge in [-0.25, -0.2) is 0 Å². The number of esters is 1. The minimum absolute atomic E-state index is 0.130. The highest BCUT2D eigenvalue weighted by Crippen LogP contribution is 2.38. The molecule has 0 aromatic heterocycles. The molecule has 19 atom stereocenters. The summed E-state index contributed by atoms with van der Waals surface area (Å²) >= 11 is 0. The minimum atomic E-state index is -2.38. The van der Waals surface area contributed by atoms with Crippen molar-refractivity contribution in [1.29, 1.82) is 0 Å². The summed E-state index contributed by atoms with van der Waals surface area (Å²) in [5.41, 5.74) is 4.37. The number of likely N-dealkylation sites (N-methyl/N-ethyl adjacent to an activating group) is 1. The maximum atomic E-state index is 13.6. The van der Waals surface area contributed by atoms with Crippen LogP contribution in [-0.2, 0) is 38.1 Å². The Morgan fingerprint density at radius 2 is 1.27 bits per heavy atom. The molecule has 0 aliphatic carbocycles. The first-order valence-electron chi connectivity index (χ1n) is 25.2. The lowest BCUT2D eigenvalue weighted by Gasteiger charge is -2.46. The van der Waals surface area contributed by atoms with E-state index < -0.39 is 159 Å². The van der Waals surface area contributed by atoms with E-state index in [9.17, 15) is 70.2 Å². The molecule has 0 radical (unpaired) electrons. The van der Waals surface area contributed by atoms with Crippen molar-refractivity contribution in [3.8, 4) is 0 Å². The van der Waals surface area contributed by atoms with Gasteiger partial charge in [-0.05, 0) is 40.2 Å². The van der Waals surface area contributed by atoms with Crippen LogP contribution in [0.2, 0.25) is 0 Å². The van der Waals surface area contributed by atoms with Crippen molar-refractivity contribution >= 4 is 23.7 Å². The van der Waals surface area contributed by atoms with Crippen LogP contribution in [0.25, 0.3) is 0 Å². The van der Waals surface area contributed by atoms with Crippen molar-refractivity contribution in [2.24, 2.45) is 17.8 Å². The smallest absolute Gasteiger partial charge is 0.308 e. The molecule has 3 heterocycles. The van der Waals surface area contributed by atoms with Gasteiger partial charge < -0.3 is 80.6 Å². The molecule has 0 saturated carbocycles. The molecule has 14 N–H and O–H groups in total. The fourth-order valence-corrected chi connectivity index (χ4v) is 8.76.